The smallest absolute Gasteiger partial charge is 0.444 e. The van der Waals surface area contributed by atoms with E-state index in [2.05, 4.69) is 0 Å². The largest absolute Gasteiger partial charge is 2.00 e. The molecule has 0 fully saturated rings. The molecule has 0 amide bonds. The zero-order valence-corrected chi connectivity index (χ0v) is 8.24. The minimum Gasteiger partial charge on any atom is -0.444 e. The third-order valence-electron chi connectivity index (χ3n) is 0. The van der Waals surface area contributed by atoms with E-state index in [-0.39, 0.29) is 33.4 Å². The van der Waals surface area contributed by atoms with Gasteiger partial charge in [-0.1, -0.05) is 0 Å². The van der Waals surface area contributed by atoms with Crippen LogP contribution in [0.3, 0.4) is 0 Å². The monoisotopic (exact) mass is 384 g/mol. The van der Waals surface area contributed by atoms with E-state index in [1.165, 1.54) is 0 Å². The maximum atomic E-state index is 8.36. The van der Waals surface area contributed by atoms with E-state index < -0.39 is 5.09 Å². The van der Waals surface area contributed by atoms with Gasteiger partial charge in [0.2, 0.25) is 0 Å². The summed E-state index contributed by atoms with van der Waals surface area (Å²) in [6.07, 6.45) is 0. The second-order valence-corrected chi connectivity index (χ2v) is 0.387. The molecule has 0 atom stereocenters. The van der Waals surface area contributed by atoms with Crippen molar-refractivity contribution in [3.05, 3.63) is 30.3 Å². The van der Waals surface area contributed by atoms with Crippen molar-refractivity contribution in [2.24, 2.45) is 10.7 Å². The molecule has 0 saturated carbocycles. The van der Waals surface area contributed by atoms with Crippen molar-refractivity contribution in [2.75, 3.05) is 0 Å². The van der Waals surface area contributed by atoms with Crippen LogP contribution in [0, 0.1) is 30.3 Å². The first kappa shape index (κ1) is 41.5. The standard InChI is InChI=1S/HNO3.2HNO2.2H3N.Pt/c2-1(3)4;2*2-1-3;;;/h(H,2,3,4);2*(H,2,3);2*1H3;/q;;;;;+2/p-2. The second-order valence-electron chi connectivity index (χ2n) is 0.387. The van der Waals surface area contributed by atoms with Crippen molar-refractivity contribution in [3.8, 4) is 0 Å². The average Bonchev–Trinajstić information content (AvgIpc) is 1.65. The fraction of sp³-hybridized carbons (Fsp3) is 0. The quantitative estimate of drug-likeness (QED) is 0.298. The van der Waals surface area contributed by atoms with Crippen molar-refractivity contribution < 1.29 is 31.4 Å². The molecule has 13 heavy (non-hydrogen) atoms. The normalized spacial score (nSPS) is 3.69. The van der Waals surface area contributed by atoms with Crippen LogP contribution in [-0.2, 0) is 21.1 Å². The van der Waals surface area contributed by atoms with Crippen molar-refractivity contribution in [2.45, 2.75) is 0 Å². The molecule has 0 aliphatic heterocycles. The van der Waals surface area contributed by atoms with Gasteiger partial charge in [0, 0.05) is 0 Å². The molecule has 12 nitrogen and oxygen atoms in total. The van der Waals surface area contributed by atoms with Crippen LogP contribution in [0.2, 0.25) is 0 Å². The Morgan fingerprint density at radius 2 is 1.08 bits per heavy atom. The first-order valence-electron chi connectivity index (χ1n) is 1.30. The van der Waals surface area contributed by atoms with Crippen molar-refractivity contribution >= 4 is 0 Å². The van der Waals surface area contributed by atoms with Crippen molar-refractivity contribution in [1.82, 2.24) is 12.3 Å². The van der Waals surface area contributed by atoms with E-state index in [1.54, 1.807) is 0 Å². The van der Waals surface area contributed by atoms with Gasteiger partial charge in [0.1, 0.15) is 0 Å². The van der Waals surface area contributed by atoms with Crippen LogP contribution >= 0.6 is 0 Å². The van der Waals surface area contributed by atoms with Crippen LogP contribution < -0.4 is 12.3 Å². The van der Waals surface area contributed by atoms with Gasteiger partial charge in [-0.3, -0.25) is 0 Å². The van der Waals surface area contributed by atoms with Gasteiger partial charge in [0.05, 0.1) is 0 Å². The Balaban J connectivity index is -0.0000000128. The van der Waals surface area contributed by atoms with Crippen LogP contribution in [0.4, 0.5) is 0 Å². The van der Waals surface area contributed by atoms with Crippen molar-refractivity contribution in [1.29, 1.82) is 0 Å². The maximum absolute atomic E-state index is 8.36. The van der Waals surface area contributed by atoms with Crippen LogP contribution in [0.5, 0.6) is 0 Å². The van der Waals surface area contributed by atoms with Gasteiger partial charge in [-0.2, -0.15) is 0 Å². The summed E-state index contributed by atoms with van der Waals surface area (Å²) in [4.78, 5) is 24.4. The van der Waals surface area contributed by atoms with Gasteiger partial charge in [-0.25, -0.2) is 0 Å². The van der Waals surface area contributed by atoms with Crippen LogP contribution in [0.25, 0.3) is 0 Å². The summed E-state index contributed by atoms with van der Waals surface area (Å²) in [7, 11) is 0. The van der Waals surface area contributed by atoms with Crippen LogP contribution in [0.1, 0.15) is 0 Å². The SMILES string of the molecule is N.N.O=N[O-].O=N[O-].O=[N+]([O-])O.[Pt+2]. The Bertz CT molecular complexity index is 84.9. The summed E-state index contributed by atoms with van der Waals surface area (Å²) in [5.41, 5.74) is 0. The van der Waals surface area contributed by atoms with E-state index in [4.69, 9.17) is 35.6 Å². The van der Waals surface area contributed by atoms with Gasteiger partial charge in [-0.05, 0) is 0 Å². The van der Waals surface area contributed by atoms with Gasteiger partial charge >= 0.3 is 21.1 Å². The predicted molar refractivity (Wildman–Crippen MR) is 37.1 cm³/mol. The number of hydrogen-bond donors (Lipinski definition) is 3. The molecule has 7 N–H and O–H groups in total. The molecule has 0 radical (unpaired) electrons. The fourth-order valence-corrected chi connectivity index (χ4v) is 0. The molecule has 0 bridgehead atoms. The number of rotatable bonds is 0. The van der Waals surface area contributed by atoms with E-state index in [9.17, 15) is 0 Å². The summed E-state index contributed by atoms with van der Waals surface area (Å²) >= 11 is 0. The minimum absolute atomic E-state index is 0. The van der Waals surface area contributed by atoms with E-state index in [0.717, 1.165) is 10.7 Å². The molecule has 0 aromatic carbocycles. The molecule has 0 heterocycles. The molecule has 0 aliphatic carbocycles. The Labute approximate surface area is 85.3 Å². The molecule has 84 valence electrons. The Hall–Kier alpha value is -1.39. The van der Waals surface area contributed by atoms with E-state index >= 15 is 0 Å². The fourth-order valence-electron chi connectivity index (χ4n) is 0. The third kappa shape index (κ3) is 406. The summed E-state index contributed by atoms with van der Waals surface area (Å²) in [6.45, 7) is 0. The molecule has 0 aliphatic rings. The first-order valence-corrected chi connectivity index (χ1v) is 1.30. The molecule has 0 unspecified atom stereocenters. The predicted octanol–water partition coefficient (Wildman–Crippen LogP) is 0.475. The van der Waals surface area contributed by atoms with E-state index in [1.807, 2.05) is 0 Å². The molecule has 0 aromatic heterocycles. The van der Waals surface area contributed by atoms with E-state index in [0.29, 0.717) is 0 Å². The topological polar surface area (TPSA) is 238 Å². The van der Waals surface area contributed by atoms with Crippen LogP contribution in [0.15, 0.2) is 10.7 Å². The van der Waals surface area contributed by atoms with Gasteiger partial charge < -0.3 is 37.7 Å². The second kappa shape index (κ2) is 75.2. The Morgan fingerprint density at radius 3 is 1.08 bits per heavy atom. The molecule has 0 aromatic rings. The molecule has 0 saturated heterocycles. The molecular formula is H7N5O7Pt. The van der Waals surface area contributed by atoms with Crippen molar-refractivity contribution in [3.63, 3.8) is 0 Å². The summed E-state index contributed by atoms with van der Waals surface area (Å²) < 4.78 is 0. The molecule has 0 rings (SSSR count). The van der Waals surface area contributed by atoms with Gasteiger partial charge in [0.15, 0.2) is 0 Å². The summed E-state index contributed by atoms with van der Waals surface area (Å²) in [5, 5.41) is 31.6. The summed E-state index contributed by atoms with van der Waals surface area (Å²) in [6, 6.07) is 0. The Kier molecular flexibility index (Phi) is 240. The summed E-state index contributed by atoms with van der Waals surface area (Å²) in [5.74, 6) is 0. The zero-order chi connectivity index (χ0) is 8.99. The number of hydrogen-bond acceptors (Lipinski definition) is 10. The average molecular weight is 384 g/mol. The van der Waals surface area contributed by atoms with Crippen LogP contribution in [-0.4, -0.2) is 10.3 Å². The molecule has 0 spiro atoms. The number of nitrogens with zero attached hydrogens (tertiary/aromatic N) is 3. The maximum Gasteiger partial charge on any atom is 2.00 e. The van der Waals surface area contributed by atoms with Gasteiger partial charge in [0.25, 0.3) is 5.09 Å². The third-order valence-corrected chi connectivity index (χ3v) is 0. The zero-order valence-electron chi connectivity index (χ0n) is 5.97. The Morgan fingerprint density at radius 1 is 1.08 bits per heavy atom. The first-order chi connectivity index (χ1) is 4.56. The molecular weight excluding hydrogens is 377 g/mol. The minimum atomic E-state index is -1.50. The molecule has 13 heteroatoms. The van der Waals surface area contributed by atoms with Gasteiger partial charge in [-0.15, -0.1) is 20.8 Å².